The van der Waals surface area contributed by atoms with Crippen molar-refractivity contribution in [2.75, 3.05) is 42.9 Å². The first kappa shape index (κ1) is 20.3. The van der Waals surface area contributed by atoms with E-state index in [1.807, 2.05) is 36.4 Å². The topological polar surface area (TPSA) is 73.6 Å². The molecule has 8 heteroatoms. The molecular weight excluding hydrogens is 402 g/mol. The van der Waals surface area contributed by atoms with Crippen LogP contribution in [0.2, 0.25) is 5.02 Å². The maximum atomic E-state index is 12.6. The molecule has 3 aromatic rings. The van der Waals surface area contributed by atoms with Crippen LogP contribution in [0.3, 0.4) is 0 Å². The number of nitrogens with one attached hydrogen (secondary N) is 1. The van der Waals surface area contributed by atoms with Crippen molar-refractivity contribution in [3.8, 4) is 5.75 Å². The van der Waals surface area contributed by atoms with E-state index >= 15 is 0 Å². The predicted molar refractivity (Wildman–Crippen MR) is 118 cm³/mol. The summed E-state index contributed by atoms with van der Waals surface area (Å²) in [4.78, 5) is 17.0. The Balaban J connectivity index is 1.29. The van der Waals surface area contributed by atoms with Crippen LogP contribution in [0, 0.1) is 0 Å². The average Bonchev–Trinajstić information content (AvgIpc) is 3.17. The number of hydrogen-bond donors (Lipinski definition) is 2. The number of aromatic hydroxyl groups is 1. The second-order valence-electron chi connectivity index (χ2n) is 7.29. The summed E-state index contributed by atoms with van der Waals surface area (Å²) in [7, 11) is 0. The largest absolute Gasteiger partial charge is 0.508 e. The van der Waals surface area contributed by atoms with Crippen LogP contribution in [0.5, 0.6) is 5.75 Å². The van der Waals surface area contributed by atoms with Gasteiger partial charge in [0.1, 0.15) is 11.6 Å². The molecule has 0 unspecified atom stereocenters. The molecule has 0 aliphatic carbocycles. The summed E-state index contributed by atoms with van der Waals surface area (Å²) in [5.74, 6) is 0.861. The molecule has 1 aliphatic rings. The number of carbonyl (C=O) groups is 1. The highest BCUT2D eigenvalue weighted by molar-refractivity contribution is 6.31. The van der Waals surface area contributed by atoms with Gasteiger partial charge in [-0.15, -0.1) is 0 Å². The summed E-state index contributed by atoms with van der Waals surface area (Å²) in [6.07, 6.45) is 1.67. The second kappa shape index (κ2) is 9.19. The zero-order chi connectivity index (χ0) is 20.9. The number of nitrogens with zero attached hydrogens (tertiary/aromatic N) is 4. The maximum Gasteiger partial charge on any atom is 0.239 e. The third-order valence-corrected chi connectivity index (χ3v) is 5.59. The Morgan fingerprint density at radius 3 is 2.50 bits per heavy atom. The quantitative estimate of drug-likeness (QED) is 0.635. The molecule has 4 rings (SSSR count). The van der Waals surface area contributed by atoms with Gasteiger partial charge in [0, 0.05) is 43.0 Å². The van der Waals surface area contributed by atoms with Gasteiger partial charge >= 0.3 is 0 Å². The number of rotatable bonds is 6. The molecule has 2 N–H and O–H groups in total. The molecule has 0 bridgehead atoms. The molecule has 7 nitrogen and oxygen atoms in total. The Bertz CT molecular complexity index is 997. The van der Waals surface area contributed by atoms with Crippen molar-refractivity contribution in [2.24, 2.45) is 0 Å². The molecule has 30 heavy (non-hydrogen) atoms. The lowest BCUT2D eigenvalue weighted by Crippen LogP contribution is -2.48. The van der Waals surface area contributed by atoms with Crippen LogP contribution in [-0.4, -0.2) is 58.4 Å². The van der Waals surface area contributed by atoms with E-state index < -0.39 is 0 Å². The number of amides is 1. The van der Waals surface area contributed by atoms with Crippen molar-refractivity contribution in [2.45, 2.75) is 6.54 Å². The Hall–Kier alpha value is -3.03. The highest BCUT2D eigenvalue weighted by atomic mass is 35.5. The number of benzene rings is 2. The third kappa shape index (κ3) is 4.93. The molecule has 0 spiro atoms. The van der Waals surface area contributed by atoms with E-state index in [2.05, 4.69) is 20.2 Å². The minimum atomic E-state index is -0.0611. The minimum Gasteiger partial charge on any atom is -0.508 e. The molecule has 2 heterocycles. The molecule has 1 fully saturated rings. The lowest BCUT2D eigenvalue weighted by molar-refractivity contribution is -0.117. The molecule has 2 aromatic carbocycles. The average molecular weight is 426 g/mol. The van der Waals surface area contributed by atoms with Gasteiger partial charge in [0.15, 0.2) is 0 Å². The smallest absolute Gasteiger partial charge is 0.239 e. The fourth-order valence-corrected chi connectivity index (χ4v) is 3.76. The van der Waals surface area contributed by atoms with Gasteiger partial charge in [0.25, 0.3) is 0 Å². The fraction of sp³-hybridized carbons (Fsp3) is 0.273. The van der Waals surface area contributed by atoms with E-state index in [-0.39, 0.29) is 11.7 Å². The highest BCUT2D eigenvalue weighted by Crippen LogP contribution is 2.20. The van der Waals surface area contributed by atoms with Crippen molar-refractivity contribution in [3.63, 3.8) is 0 Å². The Labute approximate surface area is 180 Å². The van der Waals surface area contributed by atoms with Gasteiger partial charge in [0.05, 0.1) is 19.3 Å². The SMILES string of the molecule is O=C(CN1CCN(c2ccc(O)cc2)CC1)Nc1ccnn1Cc1ccccc1Cl. The summed E-state index contributed by atoms with van der Waals surface area (Å²) < 4.78 is 1.74. The Kier molecular flexibility index (Phi) is 6.21. The number of carbonyl (C=O) groups excluding carboxylic acids is 1. The normalized spacial score (nSPS) is 14.6. The van der Waals surface area contributed by atoms with Crippen LogP contribution in [0.25, 0.3) is 0 Å². The van der Waals surface area contributed by atoms with Crippen molar-refractivity contribution in [1.82, 2.24) is 14.7 Å². The van der Waals surface area contributed by atoms with Crippen molar-refractivity contribution in [1.29, 1.82) is 0 Å². The number of anilines is 2. The van der Waals surface area contributed by atoms with Crippen molar-refractivity contribution >= 4 is 29.0 Å². The Morgan fingerprint density at radius 1 is 1.03 bits per heavy atom. The monoisotopic (exact) mass is 425 g/mol. The van der Waals surface area contributed by atoms with Crippen LogP contribution < -0.4 is 10.2 Å². The van der Waals surface area contributed by atoms with Gasteiger partial charge < -0.3 is 15.3 Å². The van der Waals surface area contributed by atoms with Gasteiger partial charge in [-0.05, 0) is 35.9 Å². The van der Waals surface area contributed by atoms with Crippen molar-refractivity contribution < 1.29 is 9.90 Å². The highest BCUT2D eigenvalue weighted by Gasteiger charge is 2.20. The molecule has 0 radical (unpaired) electrons. The number of hydrogen-bond acceptors (Lipinski definition) is 5. The molecule has 156 valence electrons. The Morgan fingerprint density at radius 2 is 1.77 bits per heavy atom. The van der Waals surface area contributed by atoms with E-state index in [0.717, 1.165) is 37.4 Å². The molecule has 1 saturated heterocycles. The standard InChI is InChI=1S/C22H24ClN5O2/c23-20-4-2-1-3-17(20)15-28-21(9-10-24-28)25-22(30)16-26-11-13-27(14-12-26)18-5-7-19(29)8-6-18/h1-10,29H,11-16H2,(H,25,30). The van der Waals surface area contributed by atoms with E-state index in [0.29, 0.717) is 23.9 Å². The predicted octanol–water partition coefficient (Wildman–Crippen LogP) is 3.05. The van der Waals surface area contributed by atoms with E-state index in [1.165, 1.54) is 0 Å². The zero-order valence-electron chi connectivity index (χ0n) is 16.5. The van der Waals surface area contributed by atoms with Crippen LogP contribution in [-0.2, 0) is 11.3 Å². The summed E-state index contributed by atoms with van der Waals surface area (Å²) in [5.41, 5.74) is 2.03. The fourth-order valence-electron chi connectivity index (χ4n) is 3.57. The zero-order valence-corrected chi connectivity index (χ0v) is 17.3. The van der Waals surface area contributed by atoms with Gasteiger partial charge in [-0.1, -0.05) is 29.8 Å². The first-order valence-corrected chi connectivity index (χ1v) is 10.3. The van der Waals surface area contributed by atoms with Crippen molar-refractivity contribution in [3.05, 3.63) is 71.4 Å². The summed E-state index contributed by atoms with van der Waals surface area (Å²) >= 11 is 6.24. The molecule has 1 aliphatic heterocycles. The van der Waals surface area contributed by atoms with Gasteiger partial charge in [-0.25, -0.2) is 4.68 Å². The van der Waals surface area contributed by atoms with Crippen LogP contribution >= 0.6 is 11.6 Å². The lowest BCUT2D eigenvalue weighted by atomic mass is 10.2. The van der Waals surface area contributed by atoms with Gasteiger partial charge in [-0.2, -0.15) is 5.10 Å². The minimum absolute atomic E-state index is 0.0611. The van der Waals surface area contributed by atoms with Gasteiger partial charge in [-0.3, -0.25) is 9.69 Å². The van der Waals surface area contributed by atoms with E-state index in [1.54, 1.807) is 29.1 Å². The van der Waals surface area contributed by atoms with Crippen LogP contribution in [0.1, 0.15) is 5.56 Å². The molecule has 1 amide bonds. The van der Waals surface area contributed by atoms with E-state index in [9.17, 15) is 9.90 Å². The molecule has 0 atom stereocenters. The number of aromatic nitrogens is 2. The number of phenolic OH excluding ortho intramolecular Hbond substituents is 1. The third-order valence-electron chi connectivity index (χ3n) is 5.22. The summed E-state index contributed by atoms with van der Waals surface area (Å²) in [6, 6.07) is 16.6. The molecule has 0 saturated carbocycles. The number of piperazine rings is 1. The maximum absolute atomic E-state index is 12.6. The molecular formula is C22H24ClN5O2. The first-order valence-electron chi connectivity index (χ1n) is 9.90. The van der Waals surface area contributed by atoms with Crippen LogP contribution in [0.15, 0.2) is 60.8 Å². The van der Waals surface area contributed by atoms with Crippen LogP contribution in [0.4, 0.5) is 11.5 Å². The first-order chi connectivity index (χ1) is 14.6. The molecule has 1 aromatic heterocycles. The second-order valence-corrected chi connectivity index (χ2v) is 7.70. The van der Waals surface area contributed by atoms with E-state index in [4.69, 9.17) is 11.6 Å². The number of halogens is 1. The number of phenols is 1. The lowest BCUT2D eigenvalue weighted by Gasteiger charge is -2.35. The van der Waals surface area contributed by atoms with Gasteiger partial charge in [0.2, 0.25) is 5.91 Å². The summed E-state index contributed by atoms with van der Waals surface area (Å²) in [6.45, 7) is 4.10. The summed E-state index contributed by atoms with van der Waals surface area (Å²) in [5, 5.41) is 17.4.